The highest BCUT2D eigenvalue weighted by molar-refractivity contribution is 9.10. The van der Waals surface area contributed by atoms with E-state index in [0.29, 0.717) is 6.04 Å². The highest BCUT2D eigenvalue weighted by Gasteiger charge is 2.20. The van der Waals surface area contributed by atoms with Gasteiger partial charge in [-0.25, -0.2) is 0 Å². The van der Waals surface area contributed by atoms with E-state index < -0.39 is 0 Å². The first kappa shape index (κ1) is 20.2. The van der Waals surface area contributed by atoms with Crippen LogP contribution in [0.15, 0.2) is 33.7 Å². The van der Waals surface area contributed by atoms with Gasteiger partial charge in [-0.1, -0.05) is 41.1 Å². The largest absolute Gasteiger partial charge is 0.355 e. The van der Waals surface area contributed by atoms with Crippen LogP contribution in [-0.2, 0) is 6.54 Å². The number of hydrogen-bond donors (Lipinski definition) is 1. The minimum atomic E-state index is 0.507. The molecule has 1 N–H and O–H groups in total. The Morgan fingerprint density at radius 1 is 1.28 bits per heavy atom. The van der Waals surface area contributed by atoms with Crippen molar-refractivity contribution in [2.75, 3.05) is 53.4 Å². The lowest BCUT2D eigenvalue weighted by atomic mass is 10.2. The summed E-state index contributed by atoms with van der Waals surface area (Å²) in [6, 6.07) is 8.84. The predicted molar refractivity (Wildman–Crippen MR) is 110 cm³/mol. The molecule has 6 heteroatoms. The number of nitrogens with one attached hydrogen (secondary N) is 1. The van der Waals surface area contributed by atoms with Gasteiger partial charge in [0.25, 0.3) is 0 Å². The van der Waals surface area contributed by atoms with E-state index in [1.165, 1.54) is 18.7 Å². The Kier molecular flexibility index (Phi) is 8.19. The van der Waals surface area contributed by atoms with Crippen molar-refractivity contribution in [2.45, 2.75) is 26.4 Å². The lowest BCUT2D eigenvalue weighted by Gasteiger charge is -2.38. The van der Waals surface area contributed by atoms with E-state index in [4.69, 9.17) is 0 Å². The SMILES string of the molecule is CCN1CCN(C(C)CNC(=NC)N(C)Cc2ccccc2Br)CC1. The average molecular weight is 410 g/mol. The van der Waals surface area contributed by atoms with Gasteiger partial charge in [0.15, 0.2) is 5.96 Å². The van der Waals surface area contributed by atoms with Crippen LogP contribution in [-0.4, -0.2) is 80.1 Å². The molecule has 0 saturated carbocycles. The van der Waals surface area contributed by atoms with Crippen LogP contribution in [0.25, 0.3) is 0 Å². The van der Waals surface area contributed by atoms with Crippen molar-refractivity contribution in [1.82, 2.24) is 20.0 Å². The van der Waals surface area contributed by atoms with Crippen molar-refractivity contribution in [2.24, 2.45) is 4.99 Å². The van der Waals surface area contributed by atoms with E-state index in [-0.39, 0.29) is 0 Å². The molecule has 1 saturated heterocycles. The van der Waals surface area contributed by atoms with Crippen LogP contribution in [0.1, 0.15) is 19.4 Å². The zero-order chi connectivity index (χ0) is 18.2. The molecule has 0 aromatic heterocycles. The summed E-state index contributed by atoms with van der Waals surface area (Å²) in [5, 5.41) is 3.54. The molecular weight excluding hydrogens is 378 g/mol. The summed E-state index contributed by atoms with van der Waals surface area (Å²) < 4.78 is 1.14. The number of nitrogens with zero attached hydrogens (tertiary/aromatic N) is 4. The minimum absolute atomic E-state index is 0.507. The van der Waals surface area contributed by atoms with E-state index in [9.17, 15) is 0 Å². The summed E-state index contributed by atoms with van der Waals surface area (Å²) in [6.45, 7) is 12.1. The molecule has 0 radical (unpaired) electrons. The third kappa shape index (κ3) is 5.97. The molecule has 1 aromatic rings. The molecule has 1 fully saturated rings. The summed E-state index contributed by atoms with van der Waals surface area (Å²) in [7, 11) is 3.93. The standard InChI is InChI=1S/C19H32BrN5/c1-5-24-10-12-25(13-11-24)16(2)14-22-19(21-3)23(4)15-17-8-6-7-9-18(17)20/h6-9,16H,5,10-15H2,1-4H3,(H,21,22). The Bertz CT molecular complexity index is 555. The molecule has 2 rings (SSSR count). The molecular formula is C19H32BrN5. The number of aliphatic imine (C=N–C) groups is 1. The smallest absolute Gasteiger partial charge is 0.193 e. The van der Waals surface area contributed by atoms with Crippen LogP contribution in [0.5, 0.6) is 0 Å². The van der Waals surface area contributed by atoms with Gasteiger partial charge in [0.05, 0.1) is 0 Å². The molecule has 0 spiro atoms. The summed E-state index contributed by atoms with van der Waals surface area (Å²) >= 11 is 3.62. The first-order valence-corrected chi connectivity index (χ1v) is 9.96. The van der Waals surface area contributed by atoms with Crippen molar-refractivity contribution in [3.63, 3.8) is 0 Å². The van der Waals surface area contributed by atoms with Gasteiger partial charge >= 0.3 is 0 Å². The Morgan fingerprint density at radius 2 is 1.96 bits per heavy atom. The zero-order valence-corrected chi connectivity index (χ0v) is 17.6. The molecule has 1 unspecified atom stereocenters. The molecule has 0 aliphatic carbocycles. The second-order valence-electron chi connectivity index (χ2n) is 6.69. The summed E-state index contributed by atoms with van der Waals surface area (Å²) in [5.41, 5.74) is 1.26. The second-order valence-corrected chi connectivity index (χ2v) is 7.55. The molecule has 1 heterocycles. The third-order valence-corrected chi connectivity index (χ3v) is 5.75. The lowest BCUT2D eigenvalue weighted by molar-refractivity contribution is 0.107. The van der Waals surface area contributed by atoms with Gasteiger partial charge in [0.2, 0.25) is 0 Å². The number of hydrogen-bond acceptors (Lipinski definition) is 3. The topological polar surface area (TPSA) is 34.1 Å². The monoisotopic (exact) mass is 409 g/mol. The molecule has 1 atom stereocenters. The van der Waals surface area contributed by atoms with Crippen molar-refractivity contribution < 1.29 is 0 Å². The molecule has 140 valence electrons. The number of halogens is 1. The van der Waals surface area contributed by atoms with Crippen LogP contribution in [0, 0.1) is 0 Å². The van der Waals surface area contributed by atoms with E-state index in [2.05, 4.69) is 80.0 Å². The first-order valence-electron chi connectivity index (χ1n) is 9.16. The van der Waals surface area contributed by atoms with Crippen LogP contribution < -0.4 is 5.32 Å². The van der Waals surface area contributed by atoms with Gasteiger partial charge in [-0.15, -0.1) is 0 Å². The molecule has 0 bridgehead atoms. The maximum absolute atomic E-state index is 4.45. The maximum atomic E-state index is 4.45. The van der Waals surface area contributed by atoms with E-state index >= 15 is 0 Å². The van der Waals surface area contributed by atoms with Crippen molar-refractivity contribution in [1.29, 1.82) is 0 Å². The fraction of sp³-hybridized carbons (Fsp3) is 0.632. The Morgan fingerprint density at radius 3 is 2.56 bits per heavy atom. The molecule has 1 aromatic carbocycles. The number of benzene rings is 1. The fourth-order valence-electron chi connectivity index (χ4n) is 3.23. The molecule has 1 aliphatic rings. The van der Waals surface area contributed by atoms with Crippen LogP contribution >= 0.6 is 15.9 Å². The van der Waals surface area contributed by atoms with Crippen molar-refractivity contribution in [3.05, 3.63) is 34.3 Å². The van der Waals surface area contributed by atoms with Crippen molar-refractivity contribution in [3.8, 4) is 0 Å². The summed E-state index contributed by atoms with van der Waals surface area (Å²) in [5.74, 6) is 0.940. The normalized spacial score (nSPS) is 18.2. The van der Waals surface area contributed by atoms with Gasteiger partial charge in [-0.05, 0) is 25.1 Å². The highest BCUT2D eigenvalue weighted by atomic mass is 79.9. The molecule has 0 amide bonds. The molecule has 1 aliphatic heterocycles. The van der Waals surface area contributed by atoms with E-state index in [1.807, 2.05) is 13.1 Å². The molecule has 5 nitrogen and oxygen atoms in total. The maximum Gasteiger partial charge on any atom is 0.193 e. The van der Waals surface area contributed by atoms with Crippen LogP contribution in [0.3, 0.4) is 0 Å². The fourth-order valence-corrected chi connectivity index (χ4v) is 3.64. The Balaban J connectivity index is 1.82. The Labute approximate surface area is 161 Å². The van der Waals surface area contributed by atoms with Crippen LogP contribution in [0.2, 0.25) is 0 Å². The van der Waals surface area contributed by atoms with Gasteiger partial charge < -0.3 is 15.1 Å². The lowest BCUT2D eigenvalue weighted by Crippen LogP contribution is -2.53. The quantitative estimate of drug-likeness (QED) is 0.577. The highest BCUT2D eigenvalue weighted by Crippen LogP contribution is 2.17. The van der Waals surface area contributed by atoms with Gasteiger partial charge in [-0.2, -0.15) is 0 Å². The zero-order valence-electron chi connectivity index (χ0n) is 16.0. The van der Waals surface area contributed by atoms with Crippen molar-refractivity contribution >= 4 is 21.9 Å². The molecule has 25 heavy (non-hydrogen) atoms. The summed E-state index contributed by atoms with van der Waals surface area (Å²) in [6.07, 6.45) is 0. The third-order valence-electron chi connectivity index (χ3n) is 4.97. The first-order chi connectivity index (χ1) is 12.0. The average Bonchev–Trinajstić information content (AvgIpc) is 2.64. The van der Waals surface area contributed by atoms with Gasteiger partial charge in [-0.3, -0.25) is 9.89 Å². The number of likely N-dealkylation sites (N-methyl/N-ethyl adjacent to an activating group) is 1. The number of rotatable bonds is 6. The van der Waals surface area contributed by atoms with Gasteiger partial charge in [0, 0.05) is 63.9 Å². The predicted octanol–water partition coefficient (Wildman–Crippen LogP) is 2.48. The van der Waals surface area contributed by atoms with E-state index in [0.717, 1.165) is 43.2 Å². The Hall–Kier alpha value is -1.11. The number of guanidine groups is 1. The summed E-state index contributed by atoms with van der Waals surface area (Å²) in [4.78, 5) is 11.7. The van der Waals surface area contributed by atoms with E-state index in [1.54, 1.807) is 0 Å². The second kappa shape index (κ2) is 10.1. The number of piperazine rings is 1. The van der Waals surface area contributed by atoms with Gasteiger partial charge in [0.1, 0.15) is 0 Å². The minimum Gasteiger partial charge on any atom is -0.355 e. The van der Waals surface area contributed by atoms with Crippen LogP contribution in [0.4, 0.5) is 0 Å².